The van der Waals surface area contributed by atoms with Gasteiger partial charge < -0.3 is 9.47 Å². The third-order valence-corrected chi connectivity index (χ3v) is 5.62. The van der Waals surface area contributed by atoms with Gasteiger partial charge in [0.2, 0.25) is 0 Å². The van der Waals surface area contributed by atoms with Crippen LogP contribution < -0.4 is 9.04 Å². The van der Waals surface area contributed by atoms with Gasteiger partial charge in [0, 0.05) is 0 Å². The van der Waals surface area contributed by atoms with Gasteiger partial charge >= 0.3 is 5.97 Å². The molecule has 0 unspecified atom stereocenters. The van der Waals surface area contributed by atoms with Gasteiger partial charge in [-0.25, -0.2) is 13.2 Å². The lowest BCUT2D eigenvalue weighted by atomic mass is 10.2. The van der Waals surface area contributed by atoms with Crippen LogP contribution in [-0.2, 0) is 14.8 Å². The van der Waals surface area contributed by atoms with Gasteiger partial charge in [0.25, 0.3) is 10.0 Å². The van der Waals surface area contributed by atoms with Crippen molar-refractivity contribution in [2.45, 2.75) is 11.8 Å². The number of carbonyl (C=O) groups is 1. The van der Waals surface area contributed by atoms with E-state index in [2.05, 4.69) is 11.3 Å². The lowest BCUT2D eigenvalue weighted by molar-refractivity contribution is 0.0600. The standard InChI is InChI=1S/C19H21NO5S/c1-5-12-20(16-8-6-15(7-9-16)19(21)25-4)26(22,23)17-10-11-18(24-3)14(2)13-17/h5-11,13H,1,12H2,2-4H3. The molecule has 0 amide bonds. The van der Waals surface area contributed by atoms with Crippen LogP contribution in [0.2, 0.25) is 0 Å². The summed E-state index contributed by atoms with van der Waals surface area (Å²) in [6.07, 6.45) is 1.50. The highest BCUT2D eigenvalue weighted by molar-refractivity contribution is 7.92. The molecule has 0 aliphatic rings. The van der Waals surface area contributed by atoms with Crippen molar-refractivity contribution in [3.8, 4) is 5.75 Å². The van der Waals surface area contributed by atoms with Crippen LogP contribution in [0.3, 0.4) is 0 Å². The first-order valence-electron chi connectivity index (χ1n) is 7.81. The van der Waals surface area contributed by atoms with Crippen LogP contribution in [0, 0.1) is 6.92 Å². The number of aryl methyl sites for hydroxylation is 1. The van der Waals surface area contributed by atoms with E-state index in [1.165, 1.54) is 42.8 Å². The maximum Gasteiger partial charge on any atom is 0.337 e. The molecule has 2 aromatic carbocycles. The summed E-state index contributed by atoms with van der Waals surface area (Å²) < 4.78 is 37.3. The minimum absolute atomic E-state index is 0.0883. The van der Waals surface area contributed by atoms with Gasteiger partial charge in [0.1, 0.15) is 5.75 Å². The normalized spacial score (nSPS) is 10.9. The molecule has 0 aliphatic heterocycles. The summed E-state index contributed by atoms with van der Waals surface area (Å²) in [6.45, 7) is 5.50. The van der Waals surface area contributed by atoms with Crippen molar-refractivity contribution < 1.29 is 22.7 Å². The zero-order chi connectivity index (χ0) is 19.3. The zero-order valence-electron chi connectivity index (χ0n) is 14.9. The number of sulfonamides is 1. The molecular weight excluding hydrogens is 354 g/mol. The van der Waals surface area contributed by atoms with E-state index in [4.69, 9.17) is 4.74 Å². The summed E-state index contributed by atoms with van der Waals surface area (Å²) in [7, 11) is -0.993. The molecule has 0 N–H and O–H groups in total. The van der Waals surface area contributed by atoms with Crippen LogP contribution in [-0.4, -0.2) is 35.2 Å². The molecule has 0 aliphatic carbocycles. The molecule has 2 aromatic rings. The monoisotopic (exact) mass is 375 g/mol. The molecule has 0 spiro atoms. The van der Waals surface area contributed by atoms with Crippen LogP contribution in [0.25, 0.3) is 0 Å². The summed E-state index contributed by atoms with van der Waals surface area (Å²) in [4.78, 5) is 11.7. The van der Waals surface area contributed by atoms with Crippen molar-refractivity contribution in [3.05, 3.63) is 66.2 Å². The highest BCUT2D eigenvalue weighted by atomic mass is 32.2. The summed E-state index contributed by atoms with van der Waals surface area (Å²) in [5.74, 6) is 0.127. The van der Waals surface area contributed by atoms with Crippen LogP contribution in [0.5, 0.6) is 5.75 Å². The maximum atomic E-state index is 13.1. The predicted octanol–water partition coefficient (Wildman–Crippen LogP) is 3.17. The van der Waals surface area contributed by atoms with Gasteiger partial charge in [-0.2, -0.15) is 0 Å². The van der Waals surface area contributed by atoms with Gasteiger partial charge in [0.15, 0.2) is 0 Å². The van der Waals surface area contributed by atoms with Crippen molar-refractivity contribution in [2.24, 2.45) is 0 Å². The number of benzene rings is 2. The molecule has 0 bridgehead atoms. The summed E-state index contributed by atoms with van der Waals surface area (Å²) >= 11 is 0. The molecule has 0 atom stereocenters. The minimum Gasteiger partial charge on any atom is -0.496 e. The Morgan fingerprint density at radius 2 is 1.81 bits per heavy atom. The van der Waals surface area contributed by atoms with Gasteiger partial charge in [-0.1, -0.05) is 6.08 Å². The van der Waals surface area contributed by atoms with Crippen molar-refractivity contribution in [1.82, 2.24) is 0 Å². The Hall–Kier alpha value is -2.80. The number of anilines is 1. The smallest absolute Gasteiger partial charge is 0.337 e. The van der Waals surface area contributed by atoms with Gasteiger partial charge in [-0.15, -0.1) is 6.58 Å². The van der Waals surface area contributed by atoms with Crippen LogP contribution in [0.15, 0.2) is 60.0 Å². The molecule has 0 aromatic heterocycles. The van der Waals surface area contributed by atoms with E-state index in [1.807, 2.05) is 0 Å². The number of esters is 1. The first-order valence-corrected chi connectivity index (χ1v) is 9.25. The second-order valence-corrected chi connectivity index (χ2v) is 7.36. The van der Waals surface area contributed by atoms with E-state index in [1.54, 1.807) is 31.2 Å². The predicted molar refractivity (Wildman–Crippen MR) is 100 cm³/mol. The second kappa shape index (κ2) is 8.05. The summed E-state index contributed by atoms with van der Waals surface area (Å²) in [6, 6.07) is 10.8. The molecule has 0 heterocycles. The zero-order valence-corrected chi connectivity index (χ0v) is 15.7. The van der Waals surface area contributed by atoms with E-state index in [0.717, 1.165) is 0 Å². The van der Waals surface area contributed by atoms with E-state index in [0.29, 0.717) is 22.6 Å². The molecular formula is C19H21NO5S. The van der Waals surface area contributed by atoms with Crippen molar-refractivity contribution >= 4 is 21.7 Å². The lowest BCUT2D eigenvalue weighted by Crippen LogP contribution is -2.31. The summed E-state index contributed by atoms with van der Waals surface area (Å²) in [5, 5.41) is 0. The Labute approximate surface area is 153 Å². The molecule has 0 saturated carbocycles. The topological polar surface area (TPSA) is 72.9 Å². The largest absolute Gasteiger partial charge is 0.496 e. The molecule has 2 rings (SSSR count). The Morgan fingerprint density at radius 1 is 1.15 bits per heavy atom. The van der Waals surface area contributed by atoms with E-state index >= 15 is 0 Å². The van der Waals surface area contributed by atoms with Crippen molar-refractivity contribution in [1.29, 1.82) is 0 Å². The Kier molecular flexibility index (Phi) is 6.05. The van der Waals surface area contributed by atoms with Crippen molar-refractivity contribution in [3.63, 3.8) is 0 Å². The average molecular weight is 375 g/mol. The van der Waals surface area contributed by atoms with Crippen molar-refractivity contribution in [2.75, 3.05) is 25.1 Å². The molecule has 6 nitrogen and oxygen atoms in total. The third kappa shape index (κ3) is 3.88. The summed E-state index contributed by atoms with van der Waals surface area (Å²) in [5.41, 5.74) is 1.48. The average Bonchev–Trinajstić information content (AvgIpc) is 2.65. The number of hydrogen-bond acceptors (Lipinski definition) is 5. The lowest BCUT2D eigenvalue weighted by Gasteiger charge is -2.23. The SMILES string of the molecule is C=CCN(c1ccc(C(=O)OC)cc1)S(=O)(=O)c1ccc(OC)c(C)c1. The molecule has 7 heteroatoms. The number of ether oxygens (including phenoxy) is 2. The first kappa shape index (κ1) is 19.5. The molecule has 138 valence electrons. The van der Waals surface area contributed by atoms with E-state index in [-0.39, 0.29) is 11.4 Å². The molecule has 0 saturated heterocycles. The Morgan fingerprint density at radius 3 is 2.31 bits per heavy atom. The second-order valence-electron chi connectivity index (χ2n) is 5.49. The molecule has 0 fully saturated rings. The fourth-order valence-electron chi connectivity index (χ4n) is 2.48. The van der Waals surface area contributed by atoms with E-state index < -0.39 is 16.0 Å². The number of carbonyl (C=O) groups excluding carboxylic acids is 1. The number of rotatable bonds is 7. The van der Waals surface area contributed by atoms with Gasteiger partial charge in [-0.05, 0) is 55.0 Å². The minimum atomic E-state index is -3.81. The van der Waals surface area contributed by atoms with Gasteiger partial charge in [0.05, 0.1) is 36.9 Å². The third-order valence-electron chi connectivity index (χ3n) is 3.83. The van der Waals surface area contributed by atoms with E-state index in [9.17, 15) is 13.2 Å². The maximum absolute atomic E-state index is 13.1. The Bertz CT molecular complexity index is 904. The highest BCUT2D eigenvalue weighted by Gasteiger charge is 2.25. The van der Waals surface area contributed by atoms with Crippen LogP contribution >= 0.6 is 0 Å². The van der Waals surface area contributed by atoms with Crippen LogP contribution in [0.4, 0.5) is 5.69 Å². The number of methoxy groups -OCH3 is 2. The highest BCUT2D eigenvalue weighted by Crippen LogP contribution is 2.27. The first-order chi connectivity index (χ1) is 12.3. The quantitative estimate of drug-likeness (QED) is 0.549. The fraction of sp³-hybridized carbons (Fsp3) is 0.211. The number of nitrogens with zero attached hydrogens (tertiary/aromatic N) is 1. The molecule has 26 heavy (non-hydrogen) atoms. The number of hydrogen-bond donors (Lipinski definition) is 0. The molecule has 0 radical (unpaired) electrons. The van der Waals surface area contributed by atoms with Gasteiger partial charge in [-0.3, -0.25) is 4.31 Å². The van der Waals surface area contributed by atoms with Crippen LogP contribution in [0.1, 0.15) is 15.9 Å². The fourth-order valence-corrected chi connectivity index (χ4v) is 4.00. The Balaban J connectivity index is 2.46.